The molecule has 0 atom stereocenters. The molecule has 2 N–H and O–H groups in total. The molecule has 0 bridgehead atoms. The second-order valence-corrected chi connectivity index (χ2v) is 11.3. The Bertz CT molecular complexity index is 1790. The number of hydrogen-bond acceptors (Lipinski definition) is 10. The van der Waals surface area contributed by atoms with Gasteiger partial charge in [0.2, 0.25) is 5.13 Å². The molecule has 0 unspecified atom stereocenters. The average Bonchev–Trinajstić information content (AvgIpc) is 3.59. The minimum Gasteiger partial charge on any atom is -0.462 e. The van der Waals surface area contributed by atoms with Crippen molar-refractivity contribution in [2.75, 3.05) is 17.2 Å². The summed E-state index contributed by atoms with van der Waals surface area (Å²) >= 11 is 2.73. The molecule has 11 heteroatoms. The number of unbranched alkanes of at least 4 members (excludes halogenated alkanes) is 1. The molecule has 43 heavy (non-hydrogen) atoms. The summed E-state index contributed by atoms with van der Waals surface area (Å²) in [4.78, 5) is 30.8. The summed E-state index contributed by atoms with van der Waals surface area (Å²) in [5, 5.41) is 24.7. The third-order valence-electron chi connectivity index (χ3n) is 6.04. The minimum absolute atomic E-state index is 0.0536. The van der Waals surface area contributed by atoms with Crippen molar-refractivity contribution in [3.8, 4) is 6.07 Å². The molecule has 2 heterocycles. The van der Waals surface area contributed by atoms with Gasteiger partial charge < -0.3 is 15.4 Å². The van der Waals surface area contributed by atoms with Crippen LogP contribution in [0.4, 0.5) is 27.9 Å². The monoisotopic (exact) mass is 606 g/mol. The van der Waals surface area contributed by atoms with Crippen LogP contribution in [0.1, 0.15) is 35.0 Å². The van der Waals surface area contributed by atoms with Crippen molar-refractivity contribution < 1.29 is 14.3 Å². The molecule has 0 saturated heterocycles. The Balaban J connectivity index is 1.19. The number of carbonyl (C=O) groups excluding carboxylic acids is 2. The van der Waals surface area contributed by atoms with Gasteiger partial charge in [0.05, 0.1) is 22.6 Å². The molecule has 0 spiro atoms. The number of thiophene rings is 1. The van der Waals surface area contributed by atoms with Gasteiger partial charge in [-0.1, -0.05) is 42.9 Å². The van der Waals surface area contributed by atoms with Gasteiger partial charge in [0.15, 0.2) is 0 Å². The second kappa shape index (κ2) is 14.1. The number of nitrogens with one attached hydrogen (secondary N) is 2. The molecule has 5 rings (SSSR count). The lowest BCUT2D eigenvalue weighted by Crippen LogP contribution is -2.13. The summed E-state index contributed by atoms with van der Waals surface area (Å²) in [6, 6.07) is 27.7. The zero-order valence-electron chi connectivity index (χ0n) is 23.1. The number of azo groups is 1. The Morgan fingerprint density at radius 1 is 0.953 bits per heavy atom. The Kier molecular flexibility index (Phi) is 9.63. The number of para-hydroxylation sites is 1. The largest absolute Gasteiger partial charge is 0.462 e. The number of rotatable bonds is 11. The number of ether oxygens (including phenoxy) is 1. The number of nitriles is 1. The fraction of sp³-hybridized carbons (Fsp3) is 0.125. The number of carbonyl (C=O) groups is 2. The lowest BCUT2D eigenvalue weighted by molar-refractivity contribution is -0.112. The molecule has 3 aromatic carbocycles. The van der Waals surface area contributed by atoms with Gasteiger partial charge in [0, 0.05) is 21.9 Å². The molecule has 0 aliphatic rings. The average molecular weight is 607 g/mol. The first-order chi connectivity index (χ1) is 21.0. The number of thiazole rings is 1. The topological polar surface area (TPSA) is 129 Å². The van der Waals surface area contributed by atoms with Crippen LogP contribution in [-0.4, -0.2) is 23.5 Å². The molecule has 0 radical (unpaired) electrons. The van der Waals surface area contributed by atoms with Gasteiger partial charge >= 0.3 is 5.97 Å². The van der Waals surface area contributed by atoms with Crippen LogP contribution in [-0.2, 0) is 9.53 Å². The number of amides is 1. The third kappa shape index (κ3) is 7.97. The van der Waals surface area contributed by atoms with E-state index in [2.05, 4.69) is 25.8 Å². The van der Waals surface area contributed by atoms with E-state index in [0.29, 0.717) is 28.7 Å². The smallest absolute Gasteiger partial charge is 0.338 e. The van der Waals surface area contributed by atoms with E-state index in [-0.39, 0.29) is 5.57 Å². The van der Waals surface area contributed by atoms with Crippen LogP contribution in [0.5, 0.6) is 0 Å². The Labute approximate surface area is 256 Å². The molecule has 214 valence electrons. The van der Waals surface area contributed by atoms with Crippen molar-refractivity contribution in [2.45, 2.75) is 19.8 Å². The first kappa shape index (κ1) is 29.3. The van der Waals surface area contributed by atoms with E-state index in [4.69, 9.17) is 4.74 Å². The number of benzene rings is 3. The maximum Gasteiger partial charge on any atom is 0.338 e. The Morgan fingerprint density at radius 3 is 2.37 bits per heavy atom. The van der Waals surface area contributed by atoms with Crippen LogP contribution in [0.3, 0.4) is 0 Å². The molecule has 0 aliphatic heterocycles. The van der Waals surface area contributed by atoms with E-state index in [0.717, 1.165) is 38.6 Å². The van der Waals surface area contributed by atoms with Crippen LogP contribution >= 0.6 is 22.7 Å². The maximum absolute atomic E-state index is 12.7. The Morgan fingerprint density at radius 2 is 1.67 bits per heavy atom. The molecule has 9 nitrogen and oxygen atoms in total. The zero-order chi connectivity index (χ0) is 30.0. The van der Waals surface area contributed by atoms with Crippen LogP contribution in [0, 0.1) is 11.3 Å². The quantitative estimate of drug-likeness (QED) is 0.0507. The first-order valence-electron chi connectivity index (χ1n) is 13.5. The number of nitrogens with zero attached hydrogens (tertiary/aromatic N) is 4. The van der Waals surface area contributed by atoms with Gasteiger partial charge in [-0.2, -0.15) is 5.26 Å². The van der Waals surface area contributed by atoms with Gasteiger partial charge in [0.1, 0.15) is 16.5 Å². The van der Waals surface area contributed by atoms with Crippen molar-refractivity contribution in [3.63, 3.8) is 0 Å². The molecule has 0 aliphatic carbocycles. The van der Waals surface area contributed by atoms with Crippen LogP contribution in [0.2, 0.25) is 0 Å². The summed E-state index contributed by atoms with van der Waals surface area (Å²) in [6.45, 7) is 2.39. The number of aromatic nitrogens is 1. The highest BCUT2D eigenvalue weighted by atomic mass is 32.1. The lowest BCUT2D eigenvalue weighted by Gasteiger charge is -2.06. The van der Waals surface area contributed by atoms with Gasteiger partial charge in [0.25, 0.3) is 5.91 Å². The standard InChI is InChI=1S/C32H26N6O3S2/c1-2-3-17-41-31(40)21-9-11-25(12-10-21)35-29(39)22(20-33)18-27-19-28-30(42-27)36-32(43-28)38-37-26-15-13-24(14-16-26)34-23-7-5-4-6-8-23/h4-16,18-19,34H,2-3,17H2,1H3,(H,35,39)/b22-18+,38-37+. The van der Waals surface area contributed by atoms with E-state index in [1.54, 1.807) is 24.3 Å². The van der Waals surface area contributed by atoms with E-state index >= 15 is 0 Å². The number of esters is 1. The van der Waals surface area contributed by atoms with Crippen molar-refractivity contribution >= 4 is 78.0 Å². The van der Waals surface area contributed by atoms with E-state index in [1.165, 1.54) is 28.7 Å². The fourth-order valence-electron chi connectivity index (χ4n) is 3.83. The summed E-state index contributed by atoms with van der Waals surface area (Å²) in [7, 11) is 0. The molecule has 5 aromatic rings. The second-order valence-electron chi connectivity index (χ2n) is 9.24. The SMILES string of the molecule is CCCCOC(=O)c1ccc(NC(=O)/C(C#N)=C/c2cc3sc(/N=N/c4ccc(Nc5ccccc5)cc4)nc3s2)cc1. The zero-order valence-corrected chi connectivity index (χ0v) is 24.7. The summed E-state index contributed by atoms with van der Waals surface area (Å²) in [6.07, 6.45) is 3.27. The van der Waals surface area contributed by atoms with Crippen LogP contribution < -0.4 is 10.6 Å². The Hall–Kier alpha value is -5.18. The van der Waals surface area contributed by atoms with Crippen molar-refractivity contribution in [1.82, 2.24) is 4.98 Å². The summed E-state index contributed by atoms with van der Waals surface area (Å²) in [5.41, 5.74) is 3.45. The summed E-state index contributed by atoms with van der Waals surface area (Å²) < 4.78 is 6.08. The van der Waals surface area contributed by atoms with E-state index < -0.39 is 11.9 Å². The highest BCUT2D eigenvalue weighted by Gasteiger charge is 2.14. The third-order valence-corrected chi connectivity index (χ3v) is 8.03. The van der Waals surface area contributed by atoms with Gasteiger partial charge in [-0.05, 0) is 79.2 Å². The summed E-state index contributed by atoms with van der Waals surface area (Å²) in [5.74, 6) is -0.962. The maximum atomic E-state index is 12.7. The minimum atomic E-state index is -0.551. The predicted octanol–water partition coefficient (Wildman–Crippen LogP) is 9.02. The van der Waals surface area contributed by atoms with Crippen molar-refractivity contribution in [3.05, 3.63) is 101 Å². The number of hydrogen-bond donors (Lipinski definition) is 2. The fourth-order valence-corrected chi connectivity index (χ4v) is 5.81. The van der Waals surface area contributed by atoms with Gasteiger partial charge in [-0.3, -0.25) is 4.79 Å². The van der Waals surface area contributed by atoms with Gasteiger partial charge in [-0.25, -0.2) is 9.78 Å². The van der Waals surface area contributed by atoms with Crippen LogP contribution in [0.25, 0.3) is 15.6 Å². The normalized spacial score (nSPS) is 11.4. The first-order valence-corrected chi connectivity index (χ1v) is 15.1. The van der Waals surface area contributed by atoms with Crippen molar-refractivity contribution in [1.29, 1.82) is 5.26 Å². The molecule has 0 saturated carbocycles. The number of fused-ring (bicyclic) bond motifs is 1. The van der Waals surface area contributed by atoms with Crippen LogP contribution in [0.15, 0.2) is 101 Å². The van der Waals surface area contributed by atoms with E-state index in [1.807, 2.05) is 73.7 Å². The van der Waals surface area contributed by atoms with Crippen molar-refractivity contribution in [2.24, 2.45) is 10.2 Å². The molecular weight excluding hydrogens is 581 g/mol. The highest BCUT2D eigenvalue weighted by Crippen LogP contribution is 2.36. The van der Waals surface area contributed by atoms with E-state index in [9.17, 15) is 14.9 Å². The highest BCUT2D eigenvalue weighted by molar-refractivity contribution is 7.29. The molecule has 0 fully saturated rings. The predicted molar refractivity (Wildman–Crippen MR) is 172 cm³/mol. The van der Waals surface area contributed by atoms with Gasteiger partial charge in [-0.15, -0.1) is 21.6 Å². The molecule has 2 aromatic heterocycles. The number of anilines is 3. The molecular formula is C32H26N6O3S2. The molecule has 1 amide bonds. The lowest BCUT2D eigenvalue weighted by atomic mass is 10.2.